The molecule has 0 saturated heterocycles. The summed E-state index contributed by atoms with van der Waals surface area (Å²) in [6, 6.07) is 0. The van der Waals surface area contributed by atoms with Crippen LogP contribution in [0, 0.1) is 11.8 Å². The first-order valence-electron chi connectivity index (χ1n) is 4.94. The van der Waals surface area contributed by atoms with Crippen molar-refractivity contribution in [3.8, 4) is 0 Å². The zero-order valence-electron chi connectivity index (χ0n) is 8.63. The van der Waals surface area contributed by atoms with E-state index in [4.69, 9.17) is 5.11 Å². The third-order valence-corrected chi connectivity index (χ3v) is 2.96. The smallest absolute Gasteiger partial charge is 0.223 e. The molecule has 0 heterocycles. The van der Waals surface area contributed by atoms with E-state index in [9.17, 15) is 4.79 Å². The molecule has 1 atom stereocenters. The van der Waals surface area contributed by atoms with Gasteiger partial charge in [-0.3, -0.25) is 4.79 Å². The molecule has 1 unspecified atom stereocenters. The van der Waals surface area contributed by atoms with Crippen LogP contribution in [0.1, 0.15) is 33.6 Å². The second-order valence-corrected chi connectivity index (χ2v) is 4.46. The zero-order chi connectivity index (χ0) is 10.1. The second kappa shape index (κ2) is 3.66. The van der Waals surface area contributed by atoms with Gasteiger partial charge in [0.1, 0.15) is 0 Å². The summed E-state index contributed by atoms with van der Waals surface area (Å²) in [7, 11) is 0. The average Bonchev–Trinajstić information content (AvgIpc) is 2.84. The van der Waals surface area contributed by atoms with Crippen molar-refractivity contribution in [1.29, 1.82) is 0 Å². The summed E-state index contributed by atoms with van der Waals surface area (Å²) in [6.07, 6.45) is 1.83. The van der Waals surface area contributed by atoms with Crippen molar-refractivity contribution in [2.75, 3.05) is 6.61 Å². The molecule has 0 aromatic rings. The quantitative estimate of drug-likeness (QED) is 0.684. The van der Waals surface area contributed by atoms with Crippen molar-refractivity contribution in [2.45, 2.75) is 39.2 Å². The number of carbonyl (C=O) groups is 1. The largest absolute Gasteiger partial charge is 0.394 e. The molecule has 0 aliphatic heterocycles. The lowest BCUT2D eigenvalue weighted by atomic mass is 9.97. The van der Waals surface area contributed by atoms with E-state index in [1.54, 1.807) is 0 Å². The van der Waals surface area contributed by atoms with Crippen molar-refractivity contribution < 1.29 is 9.90 Å². The van der Waals surface area contributed by atoms with Crippen LogP contribution in [0.4, 0.5) is 0 Å². The molecule has 2 N–H and O–H groups in total. The van der Waals surface area contributed by atoms with Crippen LogP contribution in [0.3, 0.4) is 0 Å². The lowest BCUT2D eigenvalue weighted by Crippen LogP contribution is -2.43. The molecule has 0 radical (unpaired) electrons. The highest BCUT2D eigenvalue weighted by atomic mass is 16.3. The number of hydrogen-bond donors (Lipinski definition) is 2. The minimum Gasteiger partial charge on any atom is -0.394 e. The molecular weight excluding hydrogens is 166 g/mol. The van der Waals surface area contributed by atoms with E-state index in [2.05, 4.69) is 5.32 Å². The Hall–Kier alpha value is -0.570. The Morgan fingerprint density at radius 3 is 2.31 bits per heavy atom. The monoisotopic (exact) mass is 185 g/mol. The Morgan fingerprint density at radius 2 is 2.00 bits per heavy atom. The lowest BCUT2D eigenvalue weighted by Gasteiger charge is -2.20. The van der Waals surface area contributed by atoms with Gasteiger partial charge in [-0.2, -0.15) is 0 Å². The first-order chi connectivity index (χ1) is 6.01. The normalized spacial score (nSPS) is 21.3. The maximum absolute atomic E-state index is 11.6. The fourth-order valence-corrected chi connectivity index (χ4v) is 1.15. The van der Waals surface area contributed by atoms with Crippen LogP contribution in [-0.2, 0) is 4.79 Å². The average molecular weight is 185 g/mol. The summed E-state index contributed by atoms with van der Waals surface area (Å²) in [5.74, 6) is 0.458. The van der Waals surface area contributed by atoms with Crippen molar-refractivity contribution in [3.05, 3.63) is 0 Å². The van der Waals surface area contributed by atoms with Gasteiger partial charge in [-0.1, -0.05) is 20.8 Å². The lowest BCUT2D eigenvalue weighted by molar-refractivity contribution is -0.127. The van der Waals surface area contributed by atoms with Crippen LogP contribution >= 0.6 is 0 Å². The number of aliphatic hydroxyl groups excluding tert-OH is 1. The third-order valence-electron chi connectivity index (χ3n) is 2.96. The Kier molecular flexibility index (Phi) is 2.96. The summed E-state index contributed by atoms with van der Waals surface area (Å²) in [5.41, 5.74) is -0.264. The first-order valence-corrected chi connectivity index (χ1v) is 4.94. The van der Waals surface area contributed by atoms with Gasteiger partial charge in [0.25, 0.3) is 0 Å². The summed E-state index contributed by atoms with van der Waals surface area (Å²) in [4.78, 5) is 11.6. The van der Waals surface area contributed by atoms with Gasteiger partial charge < -0.3 is 10.4 Å². The fourth-order valence-electron chi connectivity index (χ4n) is 1.15. The van der Waals surface area contributed by atoms with Crippen LogP contribution in [0.25, 0.3) is 0 Å². The standard InChI is InChI=1S/C10H19NO2/c1-7(2)8(3)9(13)11-10(6-12)4-5-10/h7-8,12H,4-6H2,1-3H3,(H,11,13). The fraction of sp³-hybridized carbons (Fsp3) is 0.900. The van der Waals surface area contributed by atoms with Crippen molar-refractivity contribution in [2.24, 2.45) is 11.8 Å². The van der Waals surface area contributed by atoms with Gasteiger partial charge in [-0.15, -0.1) is 0 Å². The molecule has 1 rings (SSSR count). The molecule has 1 aliphatic rings. The van der Waals surface area contributed by atoms with Gasteiger partial charge in [0.2, 0.25) is 5.91 Å². The predicted octanol–water partition coefficient (Wildman–Crippen LogP) is 0.920. The predicted molar refractivity (Wildman–Crippen MR) is 51.2 cm³/mol. The molecule has 0 bridgehead atoms. The molecule has 3 nitrogen and oxygen atoms in total. The molecule has 76 valence electrons. The Labute approximate surface area is 79.5 Å². The number of rotatable bonds is 4. The van der Waals surface area contributed by atoms with Crippen LogP contribution in [0.2, 0.25) is 0 Å². The van der Waals surface area contributed by atoms with Crippen LogP contribution in [0.15, 0.2) is 0 Å². The summed E-state index contributed by atoms with van der Waals surface area (Å²) in [5, 5.41) is 11.9. The minimum absolute atomic E-state index is 0.0315. The molecule has 1 fully saturated rings. The molecule has 0 aromatic carbocycles. The number of amides is 1. The Morgan fingerprint density at radius 1 is 1.46 bits per heavy atom. The highest BCUT2D eigenvalue weighted by molar-refractivity contribution is 5.79. The molecule has 0 spiro atoms. The number of aliphatic hydroxyl groups is 1. The molecule has 1 saturated carbocycles. The van der Waals surface area contributed by atoms with Gasteiger partial charge in [-0.25, -0.2) is 0 Å². The topological polar surface area (TPSA) is 49.3 Å². The number of hydrogen-bond acceptors (Lipinski definition) is 2. The third kappa shape index (κ3) is 2.44. The van der Waals surface area contributed by atoms with Crippen molar-refractivity contribution >= 4 is 5.91 Å². The Bertz CT molecular complexity index is 197. The summed E-state index contributed by atoms with van der Waals surface area (Å²) in [6.45, 7) is 6.06. The van der Waals surface area contributed by atoms with Crippen LogP contribution in [-0.4, -0.2) is 23.2 Å². The molecule has 0 aromatic heterocycles. The van der Waals surface area contributed by atoms with E-state index in [-0.39, 0.29) is 24.0 Å². The first kappa shape index (κ1) is 10.5. The highest BCUT2D eigenvalue weighted by Gasteiger charge is 2.44. The van der Waals surface area contributed by atoms with Gasteiger partial charge in [0, 0.05) is 5.92 Å². The second-order valence-electron chi connectivity index (χ2n) is 4.46. The molecule has 1 aliphatic carbocycles. The van der Waals surface area contributed by atoms with Crippen LogP contribution in [0.5, 0.6) is 0 Å². The van der Waals surface area contributed by atoms with Crippen molar-refractivity contribution in [1.82, 2.24) is 5.32 Å². The van der Waals surface area contributed by atoms with Gasteiger partial charge in [0.05, 0.1) is 12.1 Å². The van der Waals surface area contributed by atoms with E-state index >= 15 is 0 Å². The van der Waals surface area contributed by atoms with Gasteiger partial charge in [-0.05, 0) is 18.8 Å². The van der Waals surface area contributed by atoms with Crippen LogP contribution < -0.4 is 5.32 Å². The number of carbonyl (C=O) groups excluding carboxylic acids is 1. The maximum atomic E-state index is 11.6. The van der Waals surface area contributed by atoms with E-state index in [1.807, 2.05) is 20.8 Å². The highest BCUT2D eigenvalue weighted by Crippen LogP contribution is 2.35. The minimum atomic E-state index is -0.264. The van der Waals surface area contributed by atoms with E-state index < -0.39 is 0 Å². The van der Waals surface area contributed by atoms with Gasteiger partial charge >= 0.3 is 0 Å². The molecule has 1 amide bonds. The van der Waals surface area contributed by atoms with Gasteiger partial charge in [0.15, 0.2) is 0 Å². The summed E-state index contributed by atoms with van der Waals surface area (Å²) < 4.78 is 0. The molecular formula is C10H19NO2. The Balaban J connectivity index is 2.41. The van der Waals surface area contributed by atoms with E-state index in [1.165, 1.54) is 0 Å². The molecule has 13 heavy (non-hydrogen) atoms. The van der Waals surface area contributed by atoms with E-state index in [0.29, 0.717) is 5.92 Å². The number of nitrogens with one attached hydrogen (secondary N) is 1. The van der Waals surface area contributed by atoms with Crippen molar-refractivity contribution in [3.63, 3.8) is 0 Å². The molecule has 3 heteroatoms. The maximum Gasteiger partial charge on any atom is 0.223 e. The SMILES string of the molecule is CC(C)C(C)C(=O)NC1(CO)CC1. The summed E-state index contributed by atoms with van der Waals surface area (Å²) >= 11 is 0. The van der Waals surface area contributed by atoms with E-state index in [0.717, 1.165) is 12.8 Å². The zero-order valence-corrected chi connectivity index (χ0v) is 8.63.